The minimum atomic E-state index is -0.561. The van der Waals surface area contributed by atoms with Crippen LogP contribution in [0.3, 0.4) is 0 Å². The van der Waals surface area contributed by atoms with Gasteiger partial charge in [-0.05, 0) is 24.6 Å². The first-order chi connectivity index (χ1) is 9.45. The molecule has 0 heterocycles. The van der Waals surface area contributed by atoms with E-state index in [0.717, 1.165) is 12.1 Å². The molecule has 1 aromatic carbocycles. The van der Waals surface area contributed by atoms with Crippen molar-refractivity contribution < 1.29 is 14.3 Å². The van der Waals surface area contributed by atoms with Gasteiger partial charge >= 0.3 is 5.97 Å². The van der Waals surface area contributed by atoms with Gasteiger partial charge in [-0.15, -0.1) is 0 Å². The van der Waals surface area contributed by atoms with Gasteiger partial charge in [0, 0.05) is 20.6 Å². The van der Waals surface area contributed by atoms with Crippen molar-refractivity contribution in [2.75, 3.05) is 37.9 Å². The molecule has 6 heteroatoms. The van der Waals surface area contributed by atoms with E-state index in [1.54, 1.807) is 18.2 Å². The van der Waals surface area contributed by atoms with E-state index >= 15 is 0 Å². The number of carbonyl (C=O) groups is 2. The fourth-order valence-corrected chi connectivity index (χ4v) is 1.62. The SMILES string of the molecule is CCCNC(=O)COC(=O)c1ccc(N(C)C)c(N)c1. The number of nitrogens with one attached hydrogen (secondary N) is 1. The number of amides is 1. The molecule has 1 rings (SSSR count). The molecule has 0 bridgehead atoms. The predicted octanol–water partition coefficient (Wildman–Crippen LogP) is 1.02. The molecule has 0 saturated carbocycles. The van der Waals surface area contributed by atoms with Crippen LogP contribution < -0.4 is 16.0 Å². The van der Waals surface area contributed by atoms with Crippen molar-refractivity contribution in [3.63, 3.8) is 0 Å². The summed E-state index contributed by atoms with van der Waals surface area (Å²) in [4.78, 5) is 25.0. The van der Waals surface area contributed by atoms with E-state index in [9.17, 15) is 9.59 Å². The third-order valence-corrected chi connectivity index (χ3v) is 2.65. The van der Waals surface area contributed by atoms with E-state index in [1.165, 1.54) is 0 Å². The first kappa shape index (κ1) is 15.8. The normalized spacial score (nSPS) is 9.95. The number of benzene rings is 1. The van der Waals surface area contributed by atoms with E-state index in [2.05, 4.69) is 5.32 Å². The van der Waals surface area contributed by atoms with E-state index < -0.39 is 5.97 Å². The van der Waals surface area contributed by atoms with Crippen molar-refractivity contribution in [2.24, 2.45) is 0 Å². The first-order valence-corrected chi connectivity index (χ1v) is 6.46. The van der Waals surface area contributed by atoms with Gasteiger partial charge in [0.05, 0.1) is 16.9 Å². The molecule has 0 aliphatic rings. The maximum atomic E-state index is 11.8. The molecule has 0 unspecified atom stereocenters. The zero-order valence-corrected chi connectivity index (χ0v) is 12.1. The molecule has 0 saturated heterocycles. The largest absolute Gasteiger partial charge is 0.452 e. The summed E-state index contributed by atoms with van der Waals surface area (Å²) in [7, 11) is 3.73. The lowest BCUT2D eigenvalue weighted by molar-refractivity contribution is -0.124. The van der Waals surface area contributed by atoms with E-state index in [4.69, 9.17) is 10.5 Å². The number of hydrogen-bond donors (Lipinski definition) is 2. The number of anilines is 2. The Morgan fingerprint density at radius 1 is 1.35 bits per heavy atom. The maximum Gasteiger partial charge on any atom is 0.338 e. The average Bonchev–Trinajstić information content (AvgIpc) is 2.41. The topological polar surface area (TPSA) is 84.7 Å². The predicted molar refractivity (Wildman–Crippen MR) is 78.8 cm³/mol. The highest BCUT2D eigenvalue weighted by atomic mass is 16.5. The Labute approximate surface area is 118 Å². The molecule has 0 atom stereocenters. The highest BCUT2D eigenvalue weighted by molar-refractivity contribution is 5.93. The highest BCUT2D eigenvalue weighted by Gasteiger charge is 2.12. The number of hydrogen-bond acceptors (Lipinski definition) is 5. The number of carbonyl (C=O) groups excluding carboxylic acids is 2. The molecule has 1 amide bonds. The molecule has 3 N–H and O–H groups in total. The fraction of sp³-hybridized carbons (Fsp3) is 0.429. The quantitative estimate of drug-likeness (QED) is 0.600. The summed E-state index contributed by atoms with van der Waals surface area (Å²) >= 11 is 0. The summed E-state index contributed by atoms with van der Waals surface area (Å²) in [6, 6.07) is 4.91. The van der Waals surface area contributed by atoms with E-state index in [0.29, 0.717) is 17.8 Å². The highest BCUT2D eigenvalue weighted by Crippen LogP contribution is 2.22. The molecule has 0 aliphatic carbocycles. The second kappa shape index (κ2) is 7.37. The van der Waals surface area contributed by atoms with Gasteiger partial charge in [0.1, 0.15) is 0 Å². The minimum absolute atomic E-state index is 0.284. The molecule has 0 spiro atoms. The molecule has 20 heavy (non-hydrogen) atoms. The second-order valence-corrected chi connectivity index (χ2v) is 4.59. The van der Waals surface area contributed by atoms with Crippen LogP contribution in [-0.2, 0) is 9.53 Å². The van der Waals surface area contributed by atoms with Gasteiger partial charge in [-0.3, -0.25) is 4.79 Å². The maximum absolute atomic E-state index is 11.8. The summed E-state index contributed by atoms with van der Waals surface area (Å²) in [5.41, 5.74) is 7.49. The molecule has 6 nitrogen and oxygen atoms in total. The molecule has 0 aromatic heterocycles. The fourth-order valence-electron chi connectivity index (χ4n) is 1.62. The van der Waals surface area contributed by atoms with Crippen LogP contribution in [0.5, 0.6) is 0 Å². The van der Waals surface area contributed by atoms with E-state index in [1.807, 2.05) is 25.9 Å². The molecule has 110 valence electrons. The van der Waals surface area contributed by atoms with E-state index in [-0.39, 0.29) is 12.5 Å². The first-order valence-electron chi connectivity index (χ1n) is 6.46. The zero-order chi connectivity index (χ0) is 15.1. The van der Waals surface area contributed by atoms with Crippen molar-refractivity contribution in [1.82, 2.24) is 5.32 Å². The van der Waals surface area contributed by atoms with Crippen LogP contribution in [0.2, 0.25) is 0 Å². The van der Waals surface area contributed by atoms with Crippen LogP contribution >= 0.6 is 0 Å². The summed E-state index contributed by atoms with van der Waals surface area (Å²) in [6.07, 6.45) is 0.836. The third kappa shape index (κ3) is 4.46. The Balaban J connectivity index is 2.60. The smallest absolute Gasteiger partial charge is 0.338 e. The van der Waals surface area contributed by atoms with Gasteiger partial charge in [-0.25, -0.2) is 4.79 Å². The number of ether oxygens (including phenoxy) is 1. The Kier molecular flexibility index (Phi) is 5.83. The molecule has 0 radical (unpaired) electrons. The lowest BCUT2D eigenvalue weighted by Crippen LogP contribution is -2.29. The van der Waals surface area contributed by atoms with Crippen LogP contribution in [0.25, 0.3) is 0 Å². The lowest BCUT2D eigenvalue weighted by atomic mass is 10.1. The zero-order valence-electron chi connectivity index (χ0n) is 12.1. The van der Waals surface area contributed by atoms with Crippen molar-refractivity contribution in [3.8, 4) is 0 Å². The summed E-state index contributed by atoms with van der Waals surface area (Å²) in [5.74, 6) is -0.869. The molecule has 1 aromatic rings. The lowest BCUT2D eigenvalue weighted by Gasteiger charge is -2.15. The van der Waals surface area contributed by atoms with Crippen LogP contribution in [0.15, 0.2) is 18.2 Å². The number of nitrogen functional groups attached to an aromatic ring is 1. The van der Waals surface area contributed by atoms with Gasteiger partial charge < -0.3 is 20.7 Å². The van der Waals surface area contributed by atoms with Crippen LogP contribution in [-0.4, -0.2) is 39.1 Å². The second-order valence-electron chi connectivity index (χ2n) is 4.59. The summed E-state index contributed by atoms with van der Waals surface area (Å²) in [6.45, 7) is 2.23. The monoisotopic (exact) mass is 279 g/mol. The molecular formula is C14H21N3O3. The van der Waals surface area contributed by atoms with Gasteiger partial charge in [0.15, 0.2) is 6.61 Å². The van der Waals surface area contributed by atoms with Gasteiger partial charge in [0.25, 0.3) is 5.91 Å². The Hall–Kier alpha value is -2.24. The Bertz CT molecular complexity index is 487. The summed E-state index contributed by atoms with van der Waals surface area (Å²) in [5, 5.41) is 2.63. The van der Waals surface area contributed by atoms with Crippen molar-refractivity contribution in [3.05, 3.63) is 23.8 Å². The molecule has 0 fully saturated rings. The average molecular weight is 279 g/mol. The van der Waals surface area contributed by atoms with Crippen molar-refractivity contribution in [2.45, 2.75) is 13.3 Å². The van der Waals surface area contributed by atoms with Crippen LogP contribution in [0.1, 0.15) is 23.7 Å². The van der Waals surface area contributed by atoms with Crippen molar-refractivity contribution >= 4 is 23.3 Å². The Morgan fingerprint density at radius 3 is 2.60 bits per heavy atom. The van der Waals surface area contributed by atoms with Gasteiger partial charge in [-0.2, -0.15) is 0 Å². The standard InChI is InChI=1S/C14H21N3O3/c1-4-7-16-13(18)9-20-14(19)10-5-6-12(17(2)3)11(15)8-10/h5-6,8H,4,7,9,15H2,1-3H3,(H,16,18). The number of nitrogens with zero attached hydrogens (tertiary/aromatic N) is 1. The van der Waals surface area contributed by atoms with Gasteiger partial charge in [-0.1, -0.05) is 6.92 Å². The number of rotatable bonds is 6. The minimum Gasteiger partial charge on any atom is -0.452 e. The van der Waals surface area contributed by atoms with Gasteiger partial charge in [0.2, 0.25) is 0 Å². The Morgan fingerprint density at radius 2 is 2.05 bits per heavy atom. The molecular weight excluding hydrogens is 258 g/mol. The third-order valence-electron chi connectivity index (χ3n) is 2.65. The van der Waals surface area contributed by atoms with Crippen LogP contribution in [0.4, 0.5) is 11.4 Å². The number of esters is 1. The molecule has 0 aliphatic heterocycles. The number of nitrogens with two attached hydrogens (primary N) is 1. The van der Waals surface area contributed by atoms with Crippen LogP contribution in [0, 0.1) is 0 Å². The van der Waals surface area contributed by atoms with Crippen molar-refractivity contribution in [1.29, 1.82) is 0 Å². The summed E-state index contributed by atoms with van der Waals surface area (Å²) < 4.78 is 4.92.